The number of Topliss-reactive ketones (excluding diaryl/α,β-unsaturated/α-hetero) is 1. The predicted octanol–water partition coefficient (Wildman–Crippen LogP) is 2.43. The number of unbranched alkanes of at least 4 members (excludes halogenated alkanes) is 1. The first-order valence-electron chi connectivity index (χ1n) is 9.67. The Balaban J connectivity index is 1.72. The molecule has 0 aliphatic carbocycles. The lowest BCUT2D eigenvalue weighted by Gasteiger charge is -2.07. The average molecular weight is 464 g/mol. The van der Waals surface area contributed by atoms with Crippen molar-refractivity contribution in [2.45, 2.75) is 37.5 Å². The second kappa shape index (κ2) is 12.1. The third kappa shape index (κ3) is 8.42. The van der Waals surface area contributed by atoms with Gasteiger partial charge in [-0.25, -0.2) is 9.97 Å². The number of anilines is 2. The minimum Gasteiger partial charge on any atom is -0.382 e. The first-order chi connectivity index (χ1) is 14.8. The van der Waals surface area contributed by atoms with E-state index in [4.69, 9.17) is 28.8 Å². The molecule has 166 valence electrons. The number of nitrogens with two attached hydrogens (primary N) is 3. The van der Waals surface area contributed by atoms with E-state index in [1.807, 2.05) is 0 Å². The Hall–Kier alpha value is -2.85. The number of benzene rings is 1. The number of hydrogen-bond acceptors (Lipinski definition) is 8. The second-order valence-electron chi connectivity index (χ2n) is 6.76. The van der Waals surface area contributed by atoms with Crippen molar-refractivity contribution in [2.24, 2.45) is 10.7 Å². The van der Waals surface area contributed by atoms with Crippen molar-refractivity contribution in [3.63, 3.8) is 0 Å². The molecule has 0 saturated carbocycles. The van der Waals surface area contributed by atoms with E-state index in [-0.39, 0.29) is 34.2 Å². The second-order valence-corrected chi connectivity index (χ2v) is 8.28. The summed E-state index contributed by atoms with van der Waals surface area (Å²) in [6, 6.07) is 8.34. The number of aliphatic imine (C=N–C) groups is 1. The smallest absolute Gasteiger partial charge is 0.280 e. The Morgan fingerprint density at radius 3 is 2.52 bits per heavy atom. The molecule has 0 radical (unpaired) electrons. The van der Waals surface area contributed by atoms with Crippen LogP contribution in [0.5, 0.6) is 0 Å². The molecule has 2 aromatic rings. The number of carbonyl (C=O) groups is 2. The van der Waals surface area contributed by atoms with Crippen molar-refractivity contribution in [1.82, 2.24) is 15.3 Å². The monoisotopic (exact) mass is 463 g/mol. The van der Waals surface area contributed by atoms with Gasteiger partial charge in [-0.1, -0.05) is 23.7 Å². The number of carbonyl (C=O) groups excluding carboxylic acids is 2. The first-order valence-corrected chi connectivity index (χ1v) is 11.0. The summed E-state index contributed by atoms with van der Waals surface area (Å²) in [5.74, 6) is 0.115. The lowest BCUT2D eigenvalue weighted by atomic mass is 10.1. The van der Waals surface area contributed by atoms with Crippen LogP contribution in [0.2, 0.25) is 5.15 Å². The van der Waals surface area contributed by atoms with Crippen LogP contribution in [-0.2, 0) is 11.2 Å². The van der Waals surface area contributed by atoms with E-state index in [1.54, 1.807) is 18.7 Å². The normalized spacial score (nSPS) is 11.4. The van der Waals surface area contributed by atoms with E-state index < -0.39 is 5.91 Å². The number of ketones is 1. The zero-order valence-corrected chi connectivity index (χ0v) is 18.8. The van der Waals surface area contributed by atoms with E-state index in [9.17, 15) is 9.59 Å². The number of rotatable bonds is 10. The minimum atomic E-state index is -0.658. The van der Waals surface area contributed by atoms with Gasteiger partial charge in [0.2, 0.25) is 0 Å². The average Bonchev–Trinajstić information content (AvgIpc) is 2.71. The number of thioether (sulfide) groups is 1. The van der Waals surface area contributed by atoms with Crippen molar-refractivity contribution in [3.05, 3.63) is 40.7 Å². The quantitative estimate of drug-likeness (QED) is 0.180. The zero-order chi connectivity index (χ0) is 22.8. The molecular weight excluding hydrogens is 438 g/mol. The number of hydrogen-bond donors (Lipinski definition) is 4. The van der Waals surface area contributed by atoms with Crippen molar-refractivity contribution in [2.75, 3.05) is 23.8 Å². The van der Waals surface area contributed by atoms with Crippen LogP contribution >= 0.6 is 23.4 Å². The van der Waals surface area contributed by atoms with Crippen LogP contribution < -0.4 is 22.5 Å². The maximum absolute atomic E-state index is 12.2. The highest BCUT2D eigenvalue weighted by atomic mass is 35.5. The van der Waals surface area contributed by atoms with Gasteiger partial charge in [-0.2, -0.15) is 0 Å². The molecular formula is C20H26ClN7O2S. The Bertz CT molecular complexity index is 951. The number of amides is 1. The Morgan fingerprint density at radius 2 is 1.84 bits per heavy atom. The molecule has 0 aliphatic heterocycles. The zero-order valence-electron chi connectivity index (χ0n) is 17.2. The van der Waals surface area contributed by atoms with Gasteiger partial charge in [-0.05, 0) is 43.9 Å². The van der Waals surface area contributed by atoms with Crippen LogP contribution in [0.1, 0.15) is 42.2 Å². The summed E-state index contributed by atoms with van der Waals surface area (Å²) in [7, 11) is 0. The maximum Gasteiger partial charge on any atom is 0.280 e. The predicted molar refractivity (Wildman–Crippen MR) is 125 cm³/mol. The molecule has 31 heavy (non-hydrogen) atoms. The molecule has 2 rings (SSSR count). The Morgan fingerprint density at radius 1 is 1.13 bits per heavy atom. The summed E-state index contributed by atoms with van der Waals surface area (Å²) in [6.07, 6.45) is 3.23. The van der Waals surface area contributed by atoms with Gasteiger partial charge in [0.25, 0.3) is 5.91 Å². The molecule has 7 N–H and O–H groups in total. The number of nitrogens with zero attached hydrogens (tertiary/aromatic N) is 3. The number of halogens is 1. The van der Waals surface area contributed by atoms with Crippen LogP contribution in [0.15, 0.2) is 34.2 Å². The van der Waals surface area contributed by atoms with E-state index >= 15 is 0 Å². The third-order valence-electron chi connectivity index (χ3n) is 4.16. The van der Waals surface area contributed by atoms with Crippen LogP contribution in [0.25, 0.3) is 0 Å². The summed E-state index contributed by atoms with van der Waals surface area (Å²) < 4.78 is 0. The highest BCUT2D eigenvalue weighted by Crippen LogP contribution is 2.20. The van der Waals surface area contributed by atoms with Gasteiger partial charge in [0.05, 0.1) is 0 Å². The molecule has 0 atom stereocenters. The van der Waals surface area contributed by atoms with Crippen LogP contribution in [0, 0.1) is 0 Å². The van der Waals surface area contributed by atoms with Crippen molar-refractivity contribution in [1.29, 1.82) is 0 Å². The van der Waals surface area contributed by atoms with E-state index in [0.29, 0.717) is 13.0 Å². The van der Waals surface area contributed by atoms with E-state index in [0.717, 1.165) is 29.9 Å². The van der Waals surface area contributed by atoms with Gasteiger partial charge in [-0.15, -0.1) is 11.8 Å². The molecule has 0 aliphatic rings. The van der Waals surface area contributed by atoms with Crippen LogP contribution in [0.3, 0.4) is 0 Å². The molecule has 1 aromatic heterocycles. The Labute approximate surface area is 190 Å². The molecule has 0 fully saturated rings. The van der Waals surface area contributed by atoms with Gasteiger partial charge in [0, 0.05) is 23.6 Å². The van der Waals surface area contributed by atoms with E-state index in [2.05, 4.69) is 44.5 Å². The minimum absolute atomic E-state index is 0.0360. The fraction of sp³-hybridized carbons (Fsp3) is 0.350. The summed E-state index contributed by atoms with van der Waals surface area (Å²) in [4.78, 5) is 36.0. The van der Waals surface area contributed by atoms with E-state index in [1.165, 1.54) is 5.56 Å². The fourth-order valence-corrected chi connectivity index (χ4v) is 3.61. The first kappa shape index (κ1) is 24.4. The largest absolute Gasteiger partial charge is 0.382 e. The molecule has 9 nitrogen and oxygen atoms in total. The molecule has 1 heterocycles. The molecule has 0 bridgehead atoms. The molecule has 11 heteroatoms. The van der Waals surface area contributed by atoms with Crippen LogP contribution in [0.4, 0.5) is 11.6 Å². The third-order valence-corrected chi connectivity index (χ3v) is 5.46. The summed E-state index contributed by atoms with van der Waals surface area (Å²) >= 11 is 7.45. The molecule has 0 saturated heterocycles. The number of aromatic nitrogens is 2. The van der Waals surface area contributed by atoms with Gasteiger partial charge in [0.15, 0.2) is 28.4 Å². The number of nitrogen functional groups attached to an aromatic ring is 2. The lowest BCUT2D eigenvalue weighted by Crippen LogP contribution is -2.38. The van der Waals surface area contributed by atoms with Gasteiger partial charge in [0.1, 0.15) is 5.78 Å². The SMILES string of the molecule is CC(=O)CCSc1ccc(CCCCN=C(N)NC(=O)c2nc(Cl)c(N)nc2N)cc1. The highest BCUT2D eigenvalue weighted by Gasteiger charge is 2.16. The number of guanidine groups is 1. The van der Waals surface area contributed by atoms with Crippen molar-refractivity contribution < 1.29 is 9.59 Å². The lowest BCUT2D eigenvalue weighted by molar-refractivity contribution is -0.116. The van der Waals surface area contributed by atoms with Gasteiger partial charge >= 0.3 is 0 Å². The summed E-state index contributed by atoms with van der Waals surface area (Å²) in [5, 5.41) is 2.29. The molecule has 1 amide bonds. The fourth-order valence-electron chi connectivity index (χ4n) is 2.53. The van der Waals surface area contributed by atoms with Crippen molar-refractivity contribution >= 4 is 52.6 Å². The maximum atomic E-state index is 12.2. The number of nitrogens with one attached hydrogen (secondary N) is 1. The molecule has 0 spiro atoms. The topological polar surface area (TPSA) is 162 Å². The van der Waals surface area contributed by atoms with Crippen molar-refractivity contribution in [3.8, 4) is 0 Å². The van der Waals surface area contributed by atoms with Gasteiger partial charge in [-0.3, -0.25) is 19.9 Å². The highest BCUT2D eigenvalue weighted by molar-refractivity contribution is 7.99. The van der Waals surface area contributed by atoms with Crippen LogP contribution in [-0.4, -0.2) is 39.9 Å². The number of aryl methyl sites for hydroxylation is 1. The van der Waals surface area contributed by atoms with Gasteiger partial charge < -0.3 is 17.2 Å². The molecule has 0 unspecified atom stereocenters. The summed E-state index contributed by atoms with van der Waals surface area (Å²) in [5.41, 5.74) is 17.9. The standard InChI is InChI=1S/C20H26ClN7O2S/c1-12(29)9-11-31-14-7-5-13(6-8-14)4-2-3-10-25-20(24)28-19(30)15-17(22)27-18(23)16(21)26-15/h5-8H,2-4,9-11H2,1H3,(H4,22,23,27)(H3,24,25,28,30). The Kier molecular flexibility index (Phi) is 9.54. The summed E-state index contributed by atoms with van der Waals surface area (Å²) in [6.45, 7) is 2.07. The molecule has 1 aromatic carbocycles.